The van der Waals surface area contributed by atoms with Gasteiger partial charge >= 0.3 is 5.97 Å². The Morgan fingerprint density at radius 2 is 2.08 bits per heavy atom. The van der Waals surface area contributed by atoms with Gasteiger partial charge in [0.05, 0.1) is 17.9 Å². The third kappa shape index (κ3) is 3.79. The molecular weight excluding hydrogens is 326 g/mol. The van der Waals surface area contributed by atoms with Gasteiger partial charge in [-0.3, -0.25) is 9.78 Å². The summed E-state index contributed by atoms with van der Waals surface area (Å²) >= 11 is 1.68. The van der Waals surface area contributed by atoms with Crippen molar-refractivity contribution >= 4 is 29.4 Å². The number of aromatic amines is 1. The van der Waals surface area contributed by atoms with E-state index in [2.05, 4.69) is 15.3 Å². The number of H-pyrrole nitrogens is 1. The lowest BCUT2D eigenvalue weighted by Crippen LogP contribution is -2.16. The van der Waals surface area contributed by atoms with E-state index in [0.29, 0.717) is 29.8 Å². The Labute approximate surface area is 144 Å². The zero-order chi connectivity index (χ0) is 17.1. The van der Waals surface area contributed by atoms with Crippen LogP contribution in [0, 0.1) is 5.92 Å². The van der Waals surface area contributed by atoms with Crippen molar-refractivity contribution in [3.8, 4) is 0 Å². The van der Waals surface area contributed by atoms with E-state index in [-0.39, 0.29) is 11.5 Å². The number of nitrogens with one attached hydrogen (secondary N) is 2. The minimum absolute atomic E-state index is 0.0959. The number of benzene rings is 1. The standard InChI is InChI=1S/C17H19N3O3S/c1-10(2)7-23-16(22)11-3-5-12(6-4-11)18-17-19-14-9-24-8-13(14)15(21)20-17/h3-6,10H,7-9H2,1-2H3,(H2,18,19,20,21). The molecule has 1 aliphatic heterocycles. The number of hydrogen-bond acceptors (Lipinski definition) is 6. The molecule has 2 N–H and O–H groups in total. The van der Waals surface area contributed by atoms with Crippen LogP contribution in [0.1, 0.15) is 35.5 Å². The number of esters is 1. The van der Waals surface area contributed by atoms with Crippen LogP contribution in [0.25, 0.3) is 0 Å². The third-order valence-electron chi connectivity index (χ3n) is 3.52. The quantitative estimate of drug-likeness (QED) is 0.810. The molecule has 0 radical (unpaired) electrons. The predicted molar refractivity (Wildman–Crippen MR) is 94.7 cm³/mol. The lowest BCUT2D eigenvalue weighted by molar-refractivity contribution is 0.0459. The predicted octanol–water partition coefficient (Wildman–Crippen LogP) is 3.07. The summed E-state index contributed by atoms with van der Waals surface area (Å²) in [5.74, 6) is 1.85. The van der Waals surface area contributed by atoms with Gasteiger partial charge in [-0.1, -0.05) is 13.8 Å². The van der Waals surface area contributed by atoms with Crippen molar-refractivity contribution in [3.63, 3.8) is 0 Å². The zero-order valence-electron chi connectivity index (χ0n) is 13.6. The monoisotopic (exact) mass is 345 g/mol. The first-order valence-electron chi connectivity index (χ1n) is 7.77. The van der Waals surface area contributed by atoms with E-state index >= 15 is 0 Å². The smallest absolute Gasteiger partial charge is 0.338 e. The van der Waals surface area contributed by atoms with Gasteiger partial charge in [0, 0.05) is 22.8 Å². The number of rotatable bonds is 5. The molecule has 126 valence electrons. The Bertz CT molecular complexity index is 800. The summed E-state index contributed by atoms with van der Waals surface area (Å²) in [5.41, 5.74) is 2.73. The van der Waals surface area contributed by atoms with Crippen molar-refractivity contribution in [3.05, 3.63) is 51.4 Å². The maximum absolute atomic E-state index is 12.0. The molecule has 1 aliphatic rings. The van der Waals surface area contributed by atoms with Crippen LogP contribution in [0.4, 0.5) is 11.6 Å². The van der Waals surface area contributed by atoms with Crippen LogP contribution in [0.15, 0.2) is 29.1 Å². The molecule has 3 rings (SSSR count). The molecule has 7 heteroatoms. The molecule has 0 atom stereocenters. The number of fused-ring (bicyclic) bond motifs is 1. The molecule has 0 bridgehead atoms. The Balaban J connectivity index is 1.70. The Hall–Kier alpha value is -2.28. The topological polar surface area (TPSA) is 84.1 Å². The van der Waals surface area contributed by atoms with Crippen LogP contribution in [-0.4, -0.2) is 22.5 Å². The highest BCUT2D eigenvalue weighted by molar-refractivity contribution is 7.98. The summed E-state index contributed by atoms with van der Waals surface area (Å²) in [6, 6.07) is 6.89. The third-order valence-corrected chi connectivity index (χ3v) is 4.49. The van der Waals surface area contributed by atoms with Crippen molar-refractivity contribution in [2.45, 2.75) is 25.4 Å². The highest BCUT2D eigenvalue weighted by Gasteiger charge is 2.17. The molecule has 0 saturated carbocycles. The Morgan fingerprint density at radius 1 is 1.33 bits per heavy atom. The first-order valence-corrected chi connectivity index (χ1v) is 8.92. The van der Waals surface area contributed by atoms with Crippen molar-refractivity contribution < 1.29 is 9.53 Å². The van der Waals surface area contributed by atoms with Crippen molar-refractivity contribution in [1.82, 2.24) is 9.97 Å². The molecule has 2 aromatic rings. The second-order valence-corrected chi connectivity index (χ2v) is 7.01. The van der Waals surface area contributed by atoms with Crippen molar-refractivity contribution in [1.29, 1.82) is 0 Å². The van der Waals surface area contributed by atoms with Crippen LogP contribution >= 0.6 is 11.8 Å². The van der Waals surface area contributed by atoms with E-state index in [1.165, 1.54) is 0 Å². The molecule has 0 fully saturated rings. The first kappa shape index (κ1) is 16.6. The lowest BCUT2D eigenvalue weighted by atomic mass is 10.2. The Kier molecular flexibility index (Phi) is 4.89. The van der Waals surface area contributed by atoms with Gasteiger partial charge in [-0.15, -0.1) is 0 Å². The normalized spacial score (nSPS) is 13.0. The fraction of sp³-hybridized carbons (Fsp3) is 0.353. The fourth-order valence-corrected chi connectivity index (χ4v) is 3.31. The van der Waals surface area contributed by atoms with E-state index in [1.54, 1.807) is 36.0 Å². The zero-order valence-corrected chi connectivity index (χ0v) is 14.4. The molecule has 0 saturated heterocycles. The van der Waals surface area contributed by atoms with Gasteiger partial charge in [0.1, 0.15) is 0 Å². The number of carbonyl (C=O) groups excluding carboxylic acids is 1. The summed E-state index contributed by atoms with van der Waals surface area (Å²) in [4.78, 5) is 31.0. The van der Waals surface area contributed by atoms with E-state index in [1.807, 2.05) is 13.8 Å². The molecule has 0 aliphatic carbocycles. The minimum Gasteiger partial charge on any atom is -0.462 e. The Morgan fingerprint density at radius 3 is 2.79 bits per heavy atom. The van der Waals surface area contributed by atoms with Gasteiger partial charge in [0.2, 0.25) is 5.95 Å². The van der Waals surface area contributed by atoms with Crippen LogP contribution in [0.2, 0.25) is 0 Å². The van der Waals surface area contributed by atoms with Crippen molar-refractivity contribution in [2.75, 3.05) is 11.9 Å². The van der Waals surface area contributed by atoms with Gasteiger partial charge in [0.15, 0.2) is 0 Å². The fourth-order valence-electron chi connectivity index (χ4n) is 2.27. The second-order valence-electron chi connectivity index (χ2n) is 6.03. The summed E-state index contributed by atoms with van der Waals surface area (Å²) in [6.07, 6.45) is 0. The maximum Gasteiger partial charge on any atom is 0.338 e. The van der Waals surface area contributed by atoms with Crippen LogP contribution in [0.3, 0.4) is 0 Å². The minimum atomic E-state index is -0.337. The van der Waals surface area contributed by atoms with Gasteiger partial charge in [-0.2, -0.15) is 11.8 Å². The number of carbonyl (C=O) groups is 1. The van der Waals surface area contributed by atoms with Gasteiger partial charge in [-0.25, -0.2) is 9.78 Å². The van der Waals surface area contributed by atoms with E-state index in [9.17, 15) is 9.59 Å². The van der Waals surface area contributed by atoms with Crippen LogP contribution in [-0.2, 0) is 16.2 Å². The van der Waals surface area contributed by atoms with E-state index in [4.69, 9.17) is 4.74 Å². The molecule has 1 aromatic heterocycles. The number of aromatic nitrogens is 2. The number of nitrogens with zero attached hydrogens (tertiary/aromatic N) is 1. The van der Waals surface area contributed by atoms with Gasteiger partial charge in [0.25, 0.3) is 5.56 Å². The molecular formula is C17H19N3O3S. The molecule has 6 nitrogen and oxygen atoms in total. The molecule has 2 heterocycles. The maximum atomic E-state index is 12.0. The summed E-state index contributed by atoms with van der Waals surface area (Å²) in [6.45, 7) is 4.38. The summed E-state index contributed by atoms with van der Waals surface area (Å²) in [5, 5.41) is 3.06. The van der Waals surface area contributed by atoms with Crippen LogP contribution < -0.4 is 10.9 Å². The van der Waals surface area contributed by atoms with Crippen molar-refractivity contribution in [2.24, 2.45) is 5.92 Å². The molecule has 0 unspecified atom stereocenters. The molecule has 24 heavy (non-hydrogen) atoms. The summed E-state index contributed by atoms with van der Waals surface area (Å²) < 4.78 is 5.19. The number of thioether (sulfide) groups is 1. The molecule has 0 amide bonds. The number of hydrogen-bond donors (Lipinski definition) is 2. The van der Waals surface area contributed by atoms with E-state index < -0.39 is 0 Å². The SMILES string of the molecule is CC(C)COC(=O)c1ccc(Nc2nc3c(c(=O)[nH]2)CSC3)cc1. The van der Waals surface area contributed by atoms with Gasteiger partial charge in [-0.05, 0) is 30.2 Å². The second kappa shape index (κ2) is 7.09. The number of ether oxygens (including phenoxy) is 1. The largest absolute Gasteiger partial charge is 0.462 e. The summed E-state index contributed by atoms with van der Waals surface area (Å²) in [7, 11) is 0. The first-order chi connectivity index (χ1) is 11.5. The molecule has 0 spiro atoms. The lowest BCUT2D eigenvalue weighted by Gasteiger charge is -2.09. The average Bonchev–Trinajstić information content (AvgIpc) is 3.02. The average molecular weight is 345 g/mol. The van der Waals surface area contributed by atoms with Gasteiger partial charge < -0.3 is 10.1 Å². The highest BCUT2D eigenvalue weighted by Crippen LogP contribution is 2.26. The van der Waals surface area contributed by atoms with E-state index in [0.717, 1.165) is 22.7 Å². The molecule has 1 aromatic carbocycles. The highest BCUT2D eigenvalue weighted by atomic mass is 32.2. The number of anilines is 2. The van der Waals surface area contributed by atoms with Crippen LogP contribution in [0.5, 0.6) is 0 Å².